The number of piperazine rings is 1. The predicted octanol–water partition coefficient (Wildman–Crippen LogP) is 1.33. The quantitative estimate of drug-likeness (QED) is 0.728. The number of tetrazole rings is 1. The molecule has 9 nitrogen and oxygen atoms in total. The molecule has 0 bridgehead atoms. The molecular weight excluding hydrogens is 356 g/mol. The molecule has 1 saturated heterocycles. The second kappa shape index (κ2) is 7.90. The molecular formula is C16H21ClN8O. The average molecular weight is 377 g/mol. The maximum absolute atomic E-state index is 5.45. The molecule has 1 fully saturated rings. The first-order valence-electron chi connectivity index (χ1n) is 8.32. The Morgan fingerprint density at radius 2 is 2.08 bits per heavy atom. The molecule has 2 atom stereocenters. The zero-order valence-electron chi connectivity index (χ0n) is 14.6. The molecule has 2 unspecified atom stereocenters. The van der Waals surface area contributed by atoms with E-state index in [1.807, 2.05) is 37.3 Å². The van der Waals surface area contributed by atoms with Crippen LogP contribution in [0, 0.1) is 0 Å². The van der Waals surface area contributed by atoms with Crippen molar-refractivity contribution in [2.75, 3.05) is 26.7 Å². The first kappa shape index (κ1) is 18.4. The maximum Gasteiger partial charge on any atom is 0.253 e. The number of likely N-dealkylation sites (N-methyl/N-ethyl adjacent to an activating group) is 1. The van der Waals surface area contributed by atoms with E-state index in [0.717, 1.165) is 25.2 Å². The highest BCUT2D eigenvalue weighted by Gasteiger charge is 2.27. The molecule has 0 radical (unpaired) electrons. The summed E-state index contributed by atoms with van der Waals surface area (Å²) in [6, 6.07) is 9.56. The van der Waals surface area contributed by atoms with Gasteiger partial charge < -0.3 is 9.84 Å². The number of nitrogens with zero attached hydrogens (tertiary/aromatic N) is 7. The van der Waals surface area contributed by atoms with Gasteiger partial charge in [-0.25, -0.2) is 0 Å². The lowest BCUT2D eigenvalue weighted by molar-refractivity contribution is 0.190. The van der Waals surface area contributed by atoms with Crippen molar-refractivity contribution in [1.29, 1.82) is 0 Å². The molecule has 0 saturated carbocycles. The fourth-order valence-corrected chi connectivity index (χ4v) is 2.84. The third kappa shape index (κ3) is 3.59. The van der Waals surface area contributed by atoms with Crippen LogP contribution in [-0.2, 0) is 0 Å². The van der Waals surface area contributed by atoms with Crippen LogP contribution in [0.15, 0.2) is 34.9 Å². The number of hydrogen-bond donors (Lipinski definition) is 1. The molecule has 1 aromatic carbocycles. The van der Waals surface area contributed by atoms with Gasteiger partial charge in [-0.2, -0.15) is 9.78 Å². The van der Waals surface area contributed by atoms with E-state index in [9.17, 15) is 0 Å². The molecule has 138 valence electrons. The van der Waals surface area contributed by atoms with Crippen molar-refractivity contribution in [2.45, 2.75) is 19.0 Å². The van der Waals surface area contributed by atoms with Gasteiger partial charge in [0.15, 0.2) is 5.82 Å². The number of benzene rings is 1. The van der Waals surface area contributed by atoms with Gasteiger partial charge in [0.25, 0.3) is 5.89 Å². The Morgan fingerprint density at radius 3 is 2.85 bits per heavy atom. The van der Waals surface area contributed by atoms with Gasteiger partial charge in [0.05, 0.1) is 6.04 Å². The summed E-state index contributed by atoms with van der Waals surface area (Å²) in [5, 5.41) is 20.2. The summed E-state index contributed by atoms with van der Waals surface area (Å²) in [6.07, 6.45) is 0. The standard InChI is InChI=1S/C16H20N8O.ClH/c1-11(24-20-14(19-22-24)12-6-4-3-5-7-12)16-18-15(21-25-16)13-10-17-8-9-23(13)2;/h3-7,11,13,17H,8-10H2,1-2H3;1H. The van der Waals surface area contributed by atoms with Crippen LogP contribution < -0.4 is 5.32 Å². The predicted molar refractivity (Wildman–Crippen MR) is 96.9 cm³/mol. The Balaban J connectivity index is 0.00000196. The summed E-state index contributed by atoms with van der Waals surface area (Å²) in [4.78, 5) is 8.28. The van der Waals surface area contributed by atoms with Crippen LogP contribution in [-0.4, -0.2) is 61.9 Å². The second-order valence-electron chi connectivity index (χ2n) is 6.17. The van der Waals surface area contributed by atoms with E-state index in [1.165, 1.54) is 4.80 Å². The molecule has 2 aromatic heterocycles. The van der Waals surface area contributed by atoms with Crippen molar-refractivity contribution in [3.63, 3.8) is 0 Å². The van der Waals surface area contributed by atoms with Crippen LogP contribution in [0.4, 0.5) is 0 Å². The molecule has 4 rings (SSSR count). The first-order chi connectivity index (χ1) is 12.2. The van der Waals surface area contributed by atoms with Crippen molar-refractivity contribution in [2.24, 2.45) is 0 Å². The number of hydrogen-bond acceptors (Lipinski definition) is 8. The molecule has 0 spiro atoms. The number of nitrogens with one attached hydrogen (secondary N) is 1. The number of rotatable bonds is 4. The zero-order valence-corrected chi connectivity index (χ0v) is 15.4. The largest absolute Gasteiger partial charge is 0.337 e. The maximum atomic E-state index is 5.45. The summed E-state index contributed by atoms with van der Waals surface area (Å²) in [7, 11) is 2.07. The van der Waals surface area contributed by atoms with Crippen LogP contribution in [0.1, 0.15) is 30.7 Å². The van der Waals surface area contributed by atoms with Crippen LogP contribution in [0.5, 0.6) is 0 Å². The lowest BCUT2D eigenvalue weighted by Gasteiger charge is -2.30. The summed E-state index contributed by atoms with van der Waals surface area (Å²) in [6.45, 7) is 4.65. The Morgan fingerprint density at radius 1 is 1.27 bits per heavy atom. The highest BCUT2D eigenvalue weighted by molar-refractivity contribution is 5.85. The second-order valence-corrected chi connectivity index (χ2v) is 6.17. The molecule has 0 aliphatic carbocycles. The third-order valence-corrected chi connectivity index (χ3v) is 4.43. The van der Waals surface area contributed by atoms with Crippen LogP contribution in [0.2, 0.25) is 0 Å². The molecule has 1 aliphatic heterocycles. The molecule has 1 aliphatic rings. The minimum atomic E-state index is -0.284. The smallest absolute Gasteiger partial charge is 0.253 e. The fraction of sp³-hybridized carbons (Fsp3) is 0.438. The van der Waals surface area contributed by atoms with Gasteiger partial charge >= 0.3 is 0 Å². The monoisotopic (exact) mass is 376 g/mol. The molecule has 10 heteroatoms. The first-order valence-corrected chi connectivity index (χ1v) is 8.32. The van der Waals surface area contributed by atoms with Crippen molar-refractivity contribution < 1.29 is 4.52 Å². The topological polar surface area (TPSA) is 97.8 Å². The SMILES string of the molecule is CC(c1nc(C2CNCCN2C)no1)n1nnc(-c2ccccc2)n1.Cl. The lowest BCUT2D eigenvalue weighted by Crippen LogP contribution is -2.44. The van der Waals surface area contributed by atoms with Crippen LogP contribution in [0.25, 0.3) is 11.4 Å². The minimum Gasteiger partial charge on any atom is -0.337 e. The Bertz CT molecular complexity index is 836. The van der Waals surface area contributed by atoms with Crippen molar-refractivity contribution in [1.82, 2.24) is 40.6 Å². The van der Waals surface area contributed by atoms with E-state index < -0.39 is 0 Å². The van der Waals surface area contributed by atoms with Gasteiger partial charge in [-0.05, 0) is 19.2 Å². The minimum absolute atomic E-state index is 0. The van der Waals surface area contributed by atoms with Gasteiger partial charge in [-0.1, -0.05) is 35.5 Å². The summed E-state index contributed by atoms with van der Waals surface area (Å²) in [5.41, 5.74) is 0.919. The van der Waals surface area contributed by atoms with Gasteiger partial charge in [-0.15, -0.1) is 22.6 Å². The van der Waals surface area contributed by atoms with Gasteiger partial charge in [-0.3, -0.25) is 4.90 Å². The lowest BCUT2D eigenvalue weighted by atomic mass is 10.2. The molecule has 1 N–H and O–H groups in total. The average Bonchev–Trinajstić information content (AvgIpc) is 3.32. The van der Waals surface area contributed by atoms with Gasteiger partial charge in [0, 0.05) is 25.2 Å². The Labute approximate surface area is 157 Å². The zero-order chi connectivity index (χ0) is 17.2. The van der Waals surface area contributed by atoms with Crippen molar-refractivity contribution >= 4 is 12.4 Å². The van der Waals surface area contributed by atoms with E-state index in [1.54, 1.807) is 0 Å². The number of aromatic nitrogens is 6. The molecule has 0 amide bonds. The van der Waals surface area contributed by atoms with Crippen LogP contribution >= 0.6 is 12.4 Å². The van der Waals surface area contributed by atoms with Gasteiger partial charge in [0.1, 0.15) is 6.04 Å². The normalized spacial score (nSPS) is 19.1. The van der Waals surface area contributed by atoms with E-state index in [-0.39, 0.29) is 24.5 Å². The summed E-state index contributed by atoms with van der Waals surface area (Å²) >= 11 is 0. The van der Waals surface area contributed by atoms with E-state index in [0.29, 0.717) is 17.5 Å². The van der Waals surface area contributed by atoms with Crippen molar-refractivity contribution in [3.05, 3.63) is 42.0 Å². The van der Waals surface area contributed by atoms with E-state index >= 15 is 0 Å². The summed E-state index contributed by atoms with van der Waals surface area (Å²) < 4.78 is 5.45. The van der Waals surface area contributed by atoms with Gasteiger partial charge in [0.2, 0.25) is 5.82 Å². The molecule has 3 heterocycles. The van der Waals surface area contributed by atoms with E-state index in [2.05, 4.69) is 42.8 Å². The highest BCUT2D eigenvalue weighted by Crippen LogP contribution is 2.21. The van der Waals surface area contributed by atoms with Crippen molar-refractivity contribution in [3.8, 4) is 11.4 Å². The summed E-state index contributed by atoms with van der Waals surface area (Å²) in [5.74, 6) is 1.73. The Kier molecular flexibility index (Phi) is 5.60. The Hall–Kier alpha value is -2.36. The number of halogens is 1. The molecule has 26 heavy (non-hydrogen) atoms. The highest BCUT2D eigenvalue weighted by atomic mass is 35.5. The molecule has 3 aromatic rings. The van der Waals surface area contributed by atoms with E-state index in [4.69, 9.17) is 4.52 Å². The van der Waals surface area contributed by atoms with Crippen LogP contribution in [0.3, 0.4) is 0 Å². The fourth-order valence-electron chi connectivity index (χ4n) is 2.84. The third-order valence-electron chi connectivity index (χ3n) is 4.43.